The highest BCUT2D eigenvalue weighted by molar-refractivity contribution is 7.80. The molecular weight excluding hydrogens is 180 g/mol. The minimum absolute atomic E-state index is 0.897. The van der Waals surface area contributed by atoms with Crippen LogP contribution in [0, 0.1) is 0 Å². The number of hydrogen-bond acceptors (Lipinski definition) is 2. The van der Waals surface area contributed by atoms with E-state index in [2.05, 4.69) is 12.6 Å². The van der Waals surface area contributed by atoms with Crippen LogP contribution in [-0.2, 0) is 0 Å². The van der Waals surface area contributed by atoms with Gasteiger partial charge in [-0.3, -0.25) is 0 Å². The second kappa shape index (κ2) is 3.30. The second-order valence-corrected chi connectivity index (χ2v) is 3.31. The Labute approximate surface area is 82.7 Å². The van der Waals surface area contributed by atoms with Crippen LogP contribution in [0.5, 0.6) is 5.75 Å². The van der Waals surface area contributed by atoms with Gasteiger partial charge >= 0.3 is 0 Å². The normalized spacial score (nSPS) is 10.3. The van der Waals surface area contributed by atoms with E-state index in [4.69, 9.17) is 4.74 Å². The molecule has 0 amide bonds. The van der Waals surface area contributed by atoms with Gasteiger partial charge in [-0.2, -0.15) is 0 Å². The van der Waals surface area contributed by atoms with Crippen molar-refractivity contribution in [2.75, 3.05) is 7.11 Å². The summed E-state index contributed by atoms with van der Waals surface area (Å²) in [4.78, 5) is 0.983. The Morgan fingerprint density at radius 1 is 1.00 bits per heavy atom. The van der Waals surface area contributed by atoms with E-state index in [0.717, 1.165) is 21.4 Å². The summed E-state index contributed by atoms with van der Waals surface area (Å²) < 4.78 is 5.25. The summed E-state index contributed by atoms with van der Waals surface area (Å²) in [6.45, 7) is 0. The number of thiol groups is 1. The Morgan fingerprint density at radius 2 is 1.69 bits per heavy atom. The Kier molecular flexibility index (Phi) is 2.15. The predicted molar refractivity (Wildman–Crippen MR) is 57.8 cm³/mol. The van der Waals surface area contributed by atoms with Gasteiger partial charge < -0.3 is 4.74 Å². The average Bonchev–Trinajstić information content (AvgIpc) is 2.19. The van der Waals surface area contributed by atoms with E-state index < -0.39 is 0 Å². The van der Waals surface area contributed by atoms with Crippen molar-refractivity contribution in [3.8, 4) is 5.75 Å². The van der Waals surface area contributed by atoms with Gasteiger partial charge in [-0.1, -0.05) is 24.3 Å². The van der Waals surface area contributed by atoms with E-state index in [1.807, 2.05) is 36.4 Å². The first-order chi connectivity index (χ1) is 6.33. The fraction of sp³-hybridized carbons (Fsp3) is 0.0909. The molecule has 0 bridgehead atoms. The first-order valence-electron chi connectivity index (χ1n) is 4.07. The molecule has 13 heavy (non-hydrogen) atoms. The van der Waals surface area contributed by atoms with Crippen LogP contribution in [0.2, 0.25) is 0 Å². The molecule has 0 aliphatic rings. The first kappa shape index (κ1) is 8.45. The summed E-state index contributed by atoms with van der Waals surface area (Å²) in [5.74, 6) is 0.897. The van der Waals surface area contributed by atoms with Crippen LogP contribution in [-0.4, -0.2) is 7.11 Å². The van der Waals surface area contributed by atoms with Crippen molar-refractivity contribution in [3.05, 3.63) is 36.4 Å². The van der Waals surface area contributed by atoms with Crippen LogP contribution >= 0.6 is 12.6 Å². The predicted octanol–water partition coefficient (Wildman–Crippen LogP) is 3.14. The lowest BCUT2D eigenvalue weighted by atomic mass is 10.1. The molecule has 0 aliphatic carbocycles. The van der Waals surface area contributed by atoms with E-state index in [0.29, 0.717) is 0 Å². The lowest BCUT2D eigenvalue weighted by molar-refractivity contribution is 0.419. The molecule has 0 atom stereocenters. The molecular formula is C11H10OS. The number of rotatable bonds is 1. The van der Waals surface area contributed by atoms with Crippen molar-refractivity contribution >= 4 is 23.4 Å². The molecule has 2 rings (SSSR count). The fourth-order valence-electron chi connectivity index (χ4n) is 1.43. The van der Waals surface area contributed by atoms with E-state index in [9.17, 15) is 0 Å². The highest BCUT2D eigenvalue weighted by atomic mass is 32.1. The molecule has 2 aromatic rings. The monoisotopic (exact) mass is 190 g/mol. The molecule has 0 radical (unpaired) electrons. The zero-order valence-electron chi connectivity index (χ0n) is 7.32. The van der Waals surface area contributed by atoms with Crippen LogP contribution in [0.3, 0.4) is 0 Å². The third-order valence-corrected chi connectivity index (χ3v) is 2.47. The molecule has 0 unspecified atom stereocenters. The van der Waals surface area contributed by atoms with Gasteiger partial charge in [0.25, 0.3) is 0 Å². The first-order valence-corrected chi connectivity index (χ1v) is 4.52. The van der Waals surface area contributed by atoms with Crippen LogP contribution in [0.15, 0.2) is 41.3 Å². The maximum Gasteiger partial charge on any atom is 0.126 e. The summed E-state index contributed by atoms with van der Waals surface area (Å²) in [6.07, 6.45) is 0. The van der Waals surface area contributed by atoms with Gasteiger partial charge in [-0.25, -0.2) is 0 Å². The van der Waals surface area contributed by atoms with Gasteiger partial charge in [-0.05, 0) is 17.5 Å². The second-order valence-electron chi connectivity index (χ2n) is 2.83. The van der Waals surface area contributed by atoms with Crippen LogP contribution in [0.4, 0.5) is 0 Å². The van der Waals surface area contributed by atoms with Gasteiger partial charge in [0.1, 0.15) is 5.75 Å². The SMILES string of the molecule is COc1ccc(S)c2ccccc12. The van der Waals surface area contributed by atoms with Crippen LogP contribution in [0.1, 0.15) is 0 Å². The van der Waals surface area contributed by atoms with Gasteiger partial charge in [-0.15, -0.1) is 12.6 Å². The van der Waals surface area contributed by atoms with E-state index in [1.165, 1.54) is 0 Å². The Hall–Kier alpha value is -1.15. The standard InChI is InChI=1S/C11H10OS/c1-12-10-6-7-11(13)9-5-3-2-4-8(9)10/h2-7,13H,1H3. The highest BCUT2D eigenvalue weighted by Crippen LogP contribution is 2.29. The minimum Gasteiger partial charge on any atom is -0.496 e. The average molecular weight is 190 g/mol. The van der Waals surface area contributed by atoms with E-state index >= 15 is 0 Å². The molecule has 66 valence electrons. The molecule has 0 fully saturated rings. The van der Waals surface area contributed by atoms with E-state index in [-0.39, 0.29) is 0 Å². The van der Waals surface area contributed by atoms with E-state index in [1.54, 1.807) is 7.11 Å². The molecule has 0 heterocycles. The van der Waals surface area contributed by atoms with Crippen LogP contribution in [0.25, 0.3) is 10.8 Å². The topological polar surface area (TPSA) is 9.23 Å². The van der Waals surface area contributed by atoms with Crippen molar-refractivity contribution in [3.63, 3.8) is 0 Å². The number of methoxy groups -OCH3 is 1. The maximum absolute atomic E-state index is 5.25. The third-order valence-electron chi connectivity index (χ3n) is 2.08. The molecule has 0 saturated heterocycles. The fourth-order valence-corrected chi connectivity index (χ4v) is 1.70. The van der Waals surface area contributed by atoms with Gasteiger partial charge in [0.2, 0.25) is 0 Å². The molecule has 1 nitrogen and oxygen atoms in total. The molecule has 0 aromatic heterocycles. The minimum atomic E-state index is 0.897. The zero-order chi connectivity index (χ0) is 9.26. The number of ether oxygens (including phenoxy) is 1. The number of hydrogen-bond donors (Lipinski definition) is 1. The molecule has 2 aromatic carbocycles. The maximum atomic E-state index is 5.25. The number of benzene rings is 2. The quantitative estimate of drug-likeness (QED) is 0.680. The molecule has 2 heteroatoms. The molecule has 0 spiro atoms. The Balaban J connectivity index is 2.84. The van der Waals surface area contributed by atoms with Gasteiger partial charge in [0.15, 0.2) is 0 Å². The lowest BCUT2D eigenvalue weighted by Crippen LogP contribution is -1.84. The summed E-state index contributed by atoms with van der Waals surface area (Å²) >= 11 is 4.38. The van der Waals surface area contributed by atoms with Crippen molar-refractivity contribution in [1.82, 2.24) is 0 Å². The van der Waals surface area contributed by atoms with Gasteiger partial charge in [0, 0.05) is 10.3 Å². The molecule has 0 saturated carbocycles. The van der Waals surface area contributed by atoms with Crippen LogP contribution < -0.4 is 4.74 Å². The lowest BCUT2D eigenvalue weighted by Gasteiger charge is -2.06. The van der Waals surface area contributed by atoms with Crippen molar-refractivity contribution < 1.29 is 4.74 Å². The van der Waals surface area contributed by atoms with Crippen molar-refractivity contribution in [1.29, 1.82) is 0 Å². The van der Waals surface area contributed by atoms with Crippen molar-refractivity contribution in [2.45, 2.75) is 4.90 Å². The molecule has 0 N–H and O–H groups in total. The molecule has 0 aliphatic heterocycles. The van der Waals surface area contributed by atoms with Crippen molar-refractivity contribution in [2.24, 2.45) is 0 Å². The smallest absolute Gasteiger partial charge is 0.126 e. The summed E-state index contributed by atoms with van der Waals surface area (Å²) in [7, 11) is 1.68. The Bertz CT molecular complexity index is 437. The number of fused-ring (bicyclic) bond motifs is 1. The Morgan fingerprint density at radius 3 is 2.38 bits per heavy atom. The summed E-state index contributed by atoms with van der Waals surface area (Å²) in [5, 5.41) is 2.24. The third kappa shape index (κ3) is 1.38. The largest absolute Gasteiger partial charge is 0.496 e. The summed E-state index contributed by atoms with van der Waals surface area (Å²) in [6, 6.07) is 12.0. The summed E-state index contributed by atoms with van der Waals surface area (Å²) in [5.41, 5.74) is 0. The highest BCUT2D eigenvalue weighted by Gasteiger charge is 2.01. The van der Waals surface area contributed by atoms with Gasteiger partial charge in [0.05, 0.1) is 7.11 Å². The zero-order valence-corrected chi connectivity index (χ0v) is 8.21.